The number of halogens is 3. The van der Waals surface area contributed by atoms with E-state index in [9.17, 15) is 22.8 Å². The largest absolute Gasteiger partial charge is 0.416 e. The van der Waals surface area contributed by atoms with Crippen molar-refractivity contribution in [2.75, 3.05) is 26.2 Å². The van der Waals surface area contributed by atoms with Crippen molar-refractivity contribution in [1.82, 2.24) is 19.6 Å². The van der Waals surface area contributed by atoms with Gasteiger partial charge in [-0.2, -0.15) is 23.5 Å². The molecule has 2 aromatic carbocycles. The zero-order valence-corrected chi connectivity index (χ0v) is 18.9. The molecule has 0 saturated carbocycles. The Labute approximate surface area is 199 Å². The smallest absolute Gasteiger partial charge is 0.335 e. The van der Waals surface area contributed by atoms with E-state index in [1.54, 1.807) is 19.1 Å². The molecule has 1 aliphatic rings. The van der Waals surface area contributed by atoms with Crippen molar-refractivity contribution in [1.29, 1.82) is 5.26 Å². The minimum Gasteiger partial charge on any atom is -0.335 e. The maximum atomic E-state index is 13.1. The molecule has 0 aliphatic carbocycles. The molecule has 1 aromatic heterocycles. The van der Waals surface area contributed by atoms with Crippen LogP contribution < -0.4 is 5.43 Å². The molecule has 35 heavy (non-hydrogen) atoms. The maximum Gasteiger partial charge on any atom is 0.416 e. The van der Waals surface area contributed by atoms with Crippen LogP contribution in [0.2, 0.25) is 0 Å². The molecule has 0 N–H and O–H groups in total. The van der Waals surface area contributed by atoms with Crippen LogP contribution in [0.4, 0.5) is 13.2 Å². The average molecular weight is 481 g/mol. The van der Waals surface area contributed by atoms with Gasteiger partial charge in [0.1, 0.15) is 0 Å². The number of hydrogen-bond acceptors (Lipinski definition) is 5. The fourth-order valence-electron chi connectivity index (χ4n) is 3.97. The molecule has 1 saturated heterocycles. The summed E-state index contributed by atoms with van der Waals surface area (Å²) >= 11 is 0. The normalized spacial score (nSPS) is 14.5. The summed E-state index contributed by atoms with van der Waals surface area (Å²) in [5, 5.41) is 13.1. The van der Waals surface area contributed by atoms with E-state index >= 15 is 0 Å². The lowest BCUT2D eigenvalue weighted by molar-refractivity contribution is -0.137. The van der Waals surface area contributed by atoms with Crippen molar-refractivity contribution in [2.24, 2.45) is 0 Å². The Morgan fingerprint density at radius 2 is 1.74 bits per heavy atom. The van der Waals surface area contributed by atoms with Crippen molar-refractivity contribution in [3.63, 3.8) is 0 Å². The number of aromatic nitrogens is 2. The number of piperazine rings is 1. The van der Waals surface area contributed by atoms with Gasteiger partial charge in [-0.15, -0.1) is 0 Å². The first-order valence-corrected chi connectivity index (χ1v) is 10.9. The molecular formula is C25H22F3N5O2. The first-order chi connectivity index (χ1) is 16.7. The summed E-state index contributed by atoms with van der Waals surface area (Å²) in [5.41, 5.74) is 0.320. The predicted octanol–water partition coefficient (Wildman–Crippen LogP) is 3.39. The number of carbonyl (C=O) groups excluding carboxylic acids is 1. The molecule has 0 bridgehead atoms. The van der Waals surface area contributed by atoms with E-state index in [1.807, 2.05) is 12.1 Å². The van der Waals surface area contributed by atoms with Gasteiger partial charge in [0.2, 0.25) is 5.43 Å². The lowest BCUT2D eigenvalue weighted by Crippen LogP contribution is -2.49. The lowest BCUT2D eigenvalue weighted by atomic mass is 10.1. The van der Waals surface area contributed by atoms with Crippen molar-refractivity contribution >= 4 is 5.91 Å². The van der Waals surface area contributed by atoms with E-state index in [-0.39, 0.29) is 11.4 Å². The Hall–Kier alpha value is -3.97. The SMILES string of the molecule is Cc1cc(=O)c(C(=O)N2CCN(Cc3ccc(C#N)cc3)CC2)nn1-c1cccc(C(F)(F)F)c1. The summed E-state index contributed by atoms with van der Waals surface area (Å²) in [6.45, 7) is 4.14. The number of rotatable bonds is 4. The Bertz CT molecular complexity index is 1330. The molecule has 7 nitrogen and oxygen atoms in total. The fraction of sp³-hybridized carbons (Fsp3) is 0.280. The van der Waals surface area contributed by atoms with Gasteiger partial charge in [0.15, 0.2) is 5.69 Å². The van der Waals surface area contributed by atoms with Crippen LogP contribution in [0.1, 0.15) is 32.9 Å². The van der Waals surface area contributed by atoms with Gasteiger partial charge in [-0.05, 0) is 42.8 Å². The third-order valence-electron chi connectivity index (χ3n) is 5.88. The zero-order chi connectivity index (χ0) is 25.2. The Kier molecular flexibility index (Phi) is 6.71. The van der Waals surface area contributed by atoms with Gasteiger partial charge < -0.3 is 4.90 Å². The van der Waals surface area contributed by atoms with E-state index in [2.05, 4.69) is 16.1 Å². The maximum absolute atomic E-state index is 13.1. The minimum atomic E-state index is -4.53. The standard InChI is InChI=1S/C25H22F3N5O2/c1-17-13-22(34)23(30-33(17)21-4-2-3-20(14-21)25(26,27)28)24(35)32-11-9-31(10-12-32)16-19-7-5-18(15-29)6-8-19/h2-8,13-14H,9-12,16H2,1H3. The fourth-order valence-corrected chi connectivity index (χ4v) is 3.97. The van der Waals surface area contributed by atoms with Gasteiger partial charge >= 0.3 is 6.18 Å². The molecular weight excluding hydrogens is 459 g/mol. The number of hydrogen-bond donors (Lipinski definition) is 0. The number of alkyl halides is 3. The molecule has 180 valence electrons. The number of amides is 1. The molecule has 4 rings (SSSR count). The van der Waals surface area contributed by atoms with Crippen LogP contribution in [0.15, 0.2) is 59.4 Å². The summed E-state index contributed by atoms with van der Waals surface area (Å²) in [6, 6.07) is 15.2. The minimum absolute atomic E-state index is 0.110. The number of carbonyl (C=O) groups is 1. The molecule has 1 fully saturated rings. The molecule has 2 heterocycles. The van der Waals surface area contributed by atoms with Crippen LogP contribution in [-0.2, 0) is 12.7 Å². The van der Waals surface area contributed by atoms with Crippen molar-refractivity contribution < 1.29 is 18.0 Å². The second-order valence-electron chi connectivity index (χ2n) is 8.34. The Balaban J connectivity index is 1.49. The summed E-state index contributed by atoms with van der Waals surface area (Å²) in [5.74, 6) is -0.547. The predicted molar refractivity (Wildman–Crippen MR) is 122 cm³/mol. The van der Waals surface area contributed by atoms with Crippen LogP contribution in [-0.4, -0.2) is 51.7 Å². The first kappa shape index (κ1) is 24.2. The van der Waals surface area contributed by atoms with Gasteiger partial charge in [-0.3, -0.25) is 14.5 Å². The van der Waals surface area contributed by atoms with Gasteiger partial charge in [-0.1, -0.05) is 18.2 Å². The van der Waals surface area contributed by atoms with Crippen LogP contribution in [0.25, 0.3) is 5.69 Å². The van der Waals surface area contributed by atoms with Gasteiger partial charge in [0.25, 0.3) is 5.91 Å². The number of aryl methyl sites for hydroxylation is 1. The van der Waals surface area contributed by atoms with Gasteiger partial charge in [0, 0.05) is 44.5 Å². The third kappa shape index (κ3) is 5.41. The zero-order valence-electron chi connectivity index (χ0n) is 18.9. The van der Waals surface area contributed by atoms with Crippen LogP contribution in [0.3, 0.4) is 0 Å². The molecule has 0 atom stereocenters. The van der Waals surface area contributed by atoms with Crippen molar-refractivity contribution in [2.45, 2.75) is 19.6 Å². The van der Waals surface area contributed by atoms with E-state index in [0.717, 1.165) is 17.7 Å². The van der Waals surface area contributed by atoms with Gasteiger partial charge in [0.05, 0.1) is 22.9 Å². The molecule has 0 radical (unpaired) electrons. The quantitative estimate of drug-likeness (QED) is 0.571. The molecule has 0 unspecified atom stereocenters. The molecule has 10 heteroatoms. The van der Waals surface area contributed by atoms with E-state index in [0.29, 0.717) is 44.0 Å². The van der Waals surface area contributed by atoms with E-state index in [4.69, 9.17) is 5.26 Å². The second kappa shape index (κ2) is 9.72. The lowest BCUT2D eigenvalue weighted by Gasteiger charge is -2.34. The Morgan fingerprint density at radius 1 is 1.06 bits per heavy atom. The summed E-state index contributed by atoms with van der Waals surface area (Å²) in [4.78, 5) is 29.3. The van der Waals surface area contributed by atoms with Crippen molar-refractivity contribution in [3.05, 3.63) is 92.9 Å². The highest BCUT2D eigenvalue weighted by molar-refractivity contribution is 5.92. The highest BCUT2D eigenvalue weighted by Gasteiger charge is 2.31. The van der Waals surface area contributed by atoms with Gasteiger partial charge in [-0.25, -0.2) is 4.68 Å². The summed E-state index contributed by atoms with van der Waals surface area (Å²) in [7, 11) is 0. The molecule has 3 aromatic rings. The van der Waals surface area contributed by atoms with Crippen LogP contribution in [0.5, 0.6) is 0 Å². The third-order valence-corrected chi connectivity index (χ3v) is 5.88. The first-order valence-electron chi connectivity index (χ1n) is 10.9. The molecule has 0 spiro atoms. The van der Waals surface area contributed by atoms with Crippen LogP contribution in [0, 0.1) is 18.3 Å². The monoisotopic (exact) mass is 481 g/mol. The summed E-state index contributed by atoms with van der Waals surface area (Å²) < 4.78 is 40.6. The Morgan fingerprint density at radius 3 is 2.37 bits per heavy atom. The summed E-state index contributed by atoms with van der Waals surface area (Å²) in [6.07, 6.45) is -4.53. The van der Waals surface area contributed by atoms with Crippen LogP contribution >= 0.6 is 0 Å². The number of benzene rings is 2. The highest BCUT2D eigenvalue weighted by Crippen LogP contribution is 2.30. The van der Waals surface area contributed by atoms with Crippen molar-refractivity contribution in [3.8, 4) is 11.8 Å². The number of nitrogens with zero attached hydrogens (tertiary/aromatic N) is 5. The van der Waals surface area contributed by atoms with E-state index in [1.165, 1.54) is 27.8 Å². The molecule has 1 amide bonds. The highest BCUT2D eigenvalue weighted by atomic mass is 19.4. The van der Waals surface area contributed by atoms with E-state index < -0.39 is 23.1 Å². The number of nitriles is 1. The average Bonchev–Trinajstić information content (AvgIpc) is 2.84. The second-order valence-corrected chi connectivity index (χ2v) is 8.34. The molecule has 1 aliphatic heterocycles. The topological polar surface area (TPSA) is 82.2 Å².